The maximum absolute atomic E-state index is 12.0. The topological polar surface area (TPSA) is 46.9 Å². The van der Waals surface area contributed by atoms with Gasteiger partial charge in [0.2, 0.25) is 0 Å². The molecule has 0 saturated carbocycles. The van der Waals surface area contributed by atoms with E-state index >= 15 is 0 Å². The zero-order chi connectivity index (χ0) is 14.5. The third-order valence-electron chi connectivity index (χ3n) is 2.82. The number of halogens is 2. The van der Waals surface area contributed by atoms with Crippen LogP contribution in [-0.2, 0) is 6.54 Å². The second-order valence-electron chi connectivity index (χ2n) is 4.37. The first kappa shape index (κ1) is 14.9. The van der Waals surface area contributed by atoms with Gasteiger partial charge in [-0.05, 0) is 18.6 Å². The number of anilines is 1. The average molecular weight is 312 g/mol. The van der Waals surface area contributed by atoms with Gasteiger partial charge in [0.1, 0.15) is 0 Å². The molecule has 4 nitrogen and oxygen atoms in total. The summed E-state index contributed by atoms with van der Waals surface area (Å²) in [6, 6.07) is 6.77. The van der Waals surface area contributed by atoms with E-state index in [0.29, 0.717) is 15.6 Å². The summed E-state index contributed by atoms with van der Waals surface area (Å²) in [6.45, 7) is 3.12. The lowest BCUT2D eigenvalue weighted by atomic mass is 10.2. The Balaban J connectivity index is 2.24. The van der Waals surface area contributed by atoms with Crippen molar-refractivity contribution in [3.63, 3.8) is 0 Å². The molecule has 1 heterocycles. The highest BCUT2D eigenvalue weighted by Crippen LogP contribution is 2.24. The van der Waals surface area contributed by atoms with Gasteiger partial charge in [0.25, 0.3) is 5.56 Å². The molecular weight excluding hydrogens is 297 g/mol. The number of hydrogen-bond acceptors (Lipinski definition) is 3. The van der Waals surface area contributed by atoms with E-state index in [1.165, 1.54) is 10.7 Å². The van der Waals surface area contributed by atoms with E-state index in [-0.39, 0.29) is 12.1 Å². The molecule has 2 aromatic rings. The summed E-state index contributed by atoms with van der Waals surface area (Å²) in [6.07, 6.45) is 2.61. The highest BCUT2D eigenvalue weighted by molar-refractivity contribution is 6.35. The molecule has 106 valence electrons. The van der Waals surface area contributed by atoms with E-state index in [1.54, 1.807) is 24.4 Å². The summed E-state index contributed by atoms with van der Waals surface area (Å²) in [7, 11) is 0. The van der Waals surface area contributed by atoms with Crippen LogP contribution in [0.25, 0.3) is 0 Å². The van der Waals surface area contributed by atoms with E-state index < -0.39 is 0 Å². The van der Waals surface area contributed by atoms with Gasteiger partial charge in [-0.15, -0.1) is 0 Å². The van der Waals surface area contributed by atoms with Crippen molar-refractivity contribution < 1.29 is 0 Å². The molecule has 0 spiro atoms. The summed E-state index contributed by atoms with van der Waals surface area (Å²) in [5.41, 5.74) is 1.22. The Morgan fingerprint density at radius 1 is 1.30 bits per heavy atom. The molecule has 0 fully saturated rings. The van der Waals surface area contributed by atoms with Crippen molar-refractivity contribution in [1.82, 2.24) is 9.78 Å². The summed E-state index contributed by atoms with van der Waals surface area (Å²) in [5, 5.41) is 8.31. The number of benzene rings is 1. The fourth-order valence-electron chi connectivity index (χ4n) is 1.75. The molecule has 6 heteroatoms. The third kappa shape index (κ3) is 3.52. The fourth-order valence-corrected chi connectivity index (χ4v) is 2.27. The quantitative estimate of drug-likeness (QED) is 0.920. The number of rotatable bonds is 5. The van der Waals surface area contributed by atoms with Crippen molar-refractivity contribution in [3.8, 4) is 0 Å². The van der Waals surface area contributed by atoms with Gasteiger partial charge in [0, 0.05) is 28.2 Å². The lowest BCUT2D eigenvalue weighted by Crippen LogP contribution is -2.23. The van der Waals surface area contributed by atoms with Gasteiger partial charge in [-0.2, -0.15) is 5.10 Å². The second-order valence-corrected chi connectivity index (χ2v) is 5.18. The fraction of sp³-hybridized carbons (Fsp3) is 0.286. The molecule has 0 aliphatic heterocycles. The van der Waals surface area contributed by atoms with Crippen molar-refractivity contribution in [3.05, 3.63) is 56.4 Å². The monoisotopic (exact) mass is 311 g/mol. The minimum atomic E-state index is -0.193. The van der Waals surface area contributed by atoms with E-state index in [0.717, 1.165) is 18.7 Å². The average Bonchev–Trinajstić information content (AvgIpc) is 2.42. The lowest BCUT2D eigenvalue weighted by Gasteiger charge is -2.09. The largest absolute Gasteiger partial charge is 0.384 e. The molecule has 0 atom stereocenters. The maximum atomic E-state index is 12.0. The van der Waals surface area contributed by atoms with Crippen LogP contribution >= 0.6 is 23.2 Å². The van der Waals surface area contributed by atoms with Gasteiger partial charge in [-0.1, -0.05) is 36.2 Å². The van der Waals surface area contributed by atoms with Crippen LogP contribution in [-0.4, -0.2) is 16.3 Å². The van der Waals surface area contributed by atoms with Gasteiger partial charge < -0.3 is 5.32 Å². The van der Waals surface area contributed by atoms with Gasteiger partial charge >= 0.3 is 0 Å². The molecule has 0 saturated heterocycles. The molecular formula is C14H15Cl2N3O. The highest BCUT2D eigenvalue weighted by Gasteiger charge is 2.08. The first-order chi connectivity index (χ1) is 9.61. The minimum Gasteiger partial charge on any atom is -0.384 e. The molecule has 0 bridgehead atoms. The standard InChI is InChI=1S/C14H15Cl2N3O/c1-2-6-17-10-7-14(20)19(18-8-10)9-11-12(15)4-3-5-13(11)16/h3-5,7-8,17H,2,6,9H2,1H3. The first-order valence-corrected chi connectivity index (χ1v) is 7.11. The van der Waals surface area contributed by atoms with Crippen LogP contribution in [0.1, 0.15) is 18.9 Å². The molecule has 1 N–H and O–H groups in total. The van der Waals surface area contributed by atoms with Crippen molar-refractivity contribution in [2.24, 2.45) is 0 Å². The van der Waals surface area contributed by atoms with Crippen LogP contribution in [0.3, 0.4) is 0 Å². The van der Waals surface area contributed by atoms with Gasteiger partial charge in [-0.25, -0.2) is 4.68 Å². The predicted molar refractivity (Wildman–Crippen MR) is 82.8 cm³/mol. The van der Waals surface area contributed by atoms with Crippen LogP contribution < -0.4 is 10.9 Å². The number of nitrogens with one attached hydrogen (secondary N) is 1. The van der Waals surface area contributed by atoms with Gasteiger partial charge in [-0.3, -0.25) is 4.79 Å². The minimum absolute atomic E-state index is 0.193. The van der Waals surface area contributed by atoms with Crippen molar-refractivity contribution in [2.45, 2.75) is 19.9 Å². The molecule has 20 heavy (non-hydrogen) atoms. The van der Waals surface area contributed by atoms with Crippen LogP contribution in [0, 0.1) is 0 Å². The Labute approximate surface area is 127 Å². The molecule has 1 aromatic heterocycles. The Kier molecular flexibility index (Phi) is 5.04. The second kappa shape index (κ2) is 6.77. The third-order valence-corrected chi connectivity index (χ3v) is 3.53. The molecule has 0 amide bonds. The van der Waals surface area contributed by atoms with E-state index in [4.69, 9.17) is 23.2 Å². The summed E-state index contributed by atoms with van der Waals surface area (Å²) in [4.78, 5) is 12.0. The Bertz CT molecular complexity index is 635. The molecule has 1 aromatic carbocycles. The Morgan fingerprint density at radius 3 is 2.60 bits per heavy atom. The van der Waals surface area contributed by atoms with Crippen LogP contribution in [0.5, 0.6) is 0 Å². The SMILES string of the molecule is CCCNc1cnn(Cc2c(Cl)cccc2Cl)c(=O)c1. The summed E-state index contributed by atoms with van der Waals surface area (Å²) >= 11 is 12.2. The Hall–Kier alpha value is -1.52. The zero-order valence-electron chi connectivity index (χ0n) is 11.1. The summed E-state index contributed by atoms with van der Waals surface area (Å²) < 4.78 is 1.34. The van der Waals surface area contributed by atoms with E-state index in [9.17, 15) is 4.79 Å². The van der Waals surface area contributed by atoms with Gasteiger partial charge in [0.15, 0.2) is 0 Å². The molecule has 0 aliphatic rings. The lowest BCUT2D eigenvalue weighted by molar-refractivity contribution is 0.639. The van der Waals surface area contributed by atoms with Crippen molar-refractivity contribution in [1.29, 1.82) is 0 Å². The van der Waals surface area contributed by atoms with Crippen LogP contribution in [0.4, 0.5) is 5.69 Å². The van der Waals surface area contributed by atoms with E-state index in [1.807, 2.05) is 0 Å². The van der Waals surface area contributed by atoms with Crippen LogP contribution in [0.15, 0.2) is 35.3 Å². The smallest absolute Gasteiger partial charge is 0.269 e. The number of hydrogen-bond donors (Lipinski definition) is 1. The zero-order valence-corrected chi connectivity index (χ0v) is 12.6. The molecule has 0 radical (unpaired) electrons. The first-order valence-electron chi connectivity index (χ1n) is 6.35. The number of aromatic nitrogens is 2. The predicted octanol–water partition coefficient (Wildman–Crippen LogP) is 3.42. The van der Waals surface area contributed by atoms with Crippen molar-refractivity contribution >= 4 is 28.9 Å². The number of nitrogens with zero attached hydrogens (tertiary/aromatic N) is 2. The van der Waals surface area contributed by atoms with Gasteiger partial charge in [0.05, 0.1) is 18.4 Å². The normalized spacial score (nSPS) is 10.6. The highest BCUT2D eigenvalue weighted by atomic mass is 35.5. The van der Waals surface area contributed by atoms with Crippen molar-refractivity contribution in [2.75, 3.05) is 11.9 Å². The van der Waals surface area contributed by atoms with E-state index in [2.05, 4.69) is 17.3 Å². The molecule has 0 unspecified atom stereocenters. The Morgan fingerprint density at radius 2 is 2.00 bits per heavy atom. The molecule has 2 rings (SSSR count). The summed E-state index contributed by atoms with van der Waals surface area (Å²) in [5.74, 6) is 0. The maximum Gasteiger partial charge on any atom is 0.269 e. The van der Waals surface area contributed by atoms with Crippen LogP contribution in [0.2, 0.25) is 10.0 Å². The molecule has 0 aliphatic carbocycles.